The van der Waals surface area contributed by atoms with Gasteiger partial charge in [-0.2, -0.15) is 0 Å². The van der Waals surface area contributed by atoms with Crippen molar-refractivity contribution in [3.8, 4) is 0 Å². The van der Waals surface area contributed by atoms with Crippen LogP contribution in [0, 0.1) is 0 Å². The molecule has 0 aliphatic heterocycles. The summed E-state index contributed by atoms with van der Waals surface area (Å²) >= 11 is 3.25. The molecule has 1 aromatic heterocycles. The zero-order valence-corrected chi connectivity index (χ0v) is 6.89. The first-order valence-electron chi connectivity index (χ1n) is 3.18. The van der Waals surface area contributed by atoms with Gasteiger partial charge in [-0.25, -0.2) is 0 Å². The summed E-state index contributed by atoms with van der Waals surface area (Å²) in [6.45, 7) is 0. The molecule has 0 spiro atoms. The second kappa shape index (κ2) is 1.86. The van der Waals surface area contributed by atoms with Gasteiger partial charge in [0, 0.05) is 0 Å². The van der Waals surface area contributed by atoms with E-state index in [1.807, 2.05) is 6.07 Å². The zero-order valence-electron chi connectivity index (χ0n) is 5.30. The van der Waals surface area contributed by atoms with Crippen molar-refractivity contribution < 1.29 is 9.52 Å². The largest absolute Gasteiger partial charge is 0.465 e. The molecule has 0 radical (unpaired) electrons. The molecular formula is C7H7BrO2. The summed E-state index contributed by atoms with van der Waals surface area (Å²) in [7, 11) is 0. The van der Waals surface area contributed by atoms with Crippen molar-refractivity contribution in [2.75, 3.05) is 0 Å². The Kier molecular flexibility index (Phi) is 1.20. The molecule has 3 heteroatoms. The minimum Gasteiger partial charge on any atom is -0.465 e. The summed E-state index contributed by atoms with van der Waals surface area (Å²) in [6.07, 6.45) is 3.24. The fraction of sp³-hybridized carbons (Fsp3) is 0.429. The van der Waals surface area contributed by atoms with Gasteiger partial charge in [-0.05, 0) is 34.8 Å². The lowest BCUT2D eigenvalue weighted by molar-refractivity contribution is 0.123. The number of halogens is 1. The molecule has 1 heterocycles. The van der Waals surface area contributed by atoms with E-state index in [2.05, 4.69) is 15.9 Å². The van der Waals surface area contributed by atoms with Gasteiger partial charge in [0.1, 0.15) is 17.6 Å². The van der Waals surface area contributed by atoms with Gasteiger partial charge >= 0.3 is 0 Å². The van der Waals surface area contributed by atoms with Crippen LogP contribution in [0.5, 0.6) is 0 Å². The monoisotopic (exact) mass is 202 g/mol. The number of hydrogen-bond acceptors (Lipinski definition) is 2. The van der Waals surface area contributed by atoms with E-state index >= 15 is 0 Å². The first kappa shape index (κ1) is 6.43. The van der Waals surface area contributed by atoms with E-state index < -0.39 is 5.60 Å². The predicted octanol–water partition coefficient (Wildman–Crippen LogP) is 2.02. The number of rotatable bonds is 1. The topological polar surface area (TPSA) is 33.4 Å². The summed E-state index contributed by atoms with van der Waals surface area (Å²) in [5.74, 6) is 0.680. The standard InChI is InChI=1S/C7H7BrO2/c8-5-3-6(10-4-5)7(9)1-2-7/h3-4,9H,1-2H2. The van der Waals surface area contributed by atoms with Gasteiger partial charge in [-0.15, -0.1) is 0 Å². The predicted molar refractivity (Wildman–Crippen MR) is 39.5 cm³/mol. The zero-order chi connectivity index (χ0) is 7.19. The third kappa shape index (κ3) is 0.896. The minimum absolute atomic E-state index is 0.633. The Balaban J connectivity index is 2.34. The molecule has 1 saturated carbocycles. The Labute approximate surface area is 67.0 Å². The van der Waals surface area contributed by atoms with Crippen LogP contribution < -0.4 is 0 Å². The van der Waals surface area contributed by atoms with Crippen LogP contribution in [-0.2, 0) is 5.60 Å². The van der Waals surface area contributed by atoms with Crippen LogP contribution in [0.2, 0.25) is 0 Å². The molecule has 0 amide bonds. The molecule has 0 aromatic carbocycles. The number of furan rings is 1. The first-order valence-corrected chi connectivity index (χ1v) is 3.97. The molecule has 2 rings (SSSR count). The lowest BCUT2D eigenvalue weighted by atomic mass is 10.2. The van der Waals surface area contributed by atoms with Gasteiger partial charge in [-0.3, -0.25) is 0 Å². The Morgan fingerprint density at radius 1 is 1.60 bits per heavy atom. The minimum atomic E-state index is -0.633. The highest BCUT2D eigenvalue weighted by Crippen LogP contribution is 2.46. The van der Waals surface area contributed by atoms with Crippen molar-refractivity contribution in [2.45, 2.75) is 18.4 Å². The van der Waals surface area contributed by atoms with Gasteiger partial charge in [0.2, 0.25) is 0 Å². The SMILES string of the molecule is OC1(c2cc(Br)co2)CC1. The summed E-state index contributed by atoms with van der Waals surface area (Å²) in [6, 6.07) is 1.81. The molecule has 1 N–H and O–H groups in total. The van der Waals surface area contributed by atoms with E-state index in [1.165, 1.54) is 0 Å². The Hall–Kier alpha value is -0.280. The van der Waals surface area contributed by atoms with Crippen LogP contribution in [0.25, 0.3) is 0 Å². The van der Waals surface area contributed by atoms with E-state index in [0.29, 0.717) is 5.76 Å². The molecule has 2 nitrogen and oxygen atoms in total. The van der Waals surface area contributed by atoms with Crippen LogP contribution in [0.3, 0.4) is 0 Å². The lowest BCUT2D eigenvalue weighted by Crippen LogP contribution is -2.00. The van der Waals surface area contributed by atoms with Crippen molar-refractivity contribution in [3.63, 3.8) is 0 Å². The molecule has 1 fully saturated rings. The molecule has 1 aromatic rings. The number of hydrogen-bond donors (Lipinski definition) is 1. The van der Waals surface area contributed by atoms with E-state index in [4.69, 9.17) is 4.42 Å². The first-order chi connectivity index (χ1) is 4.71. The Morgan fingerprint density at radius 3 is 2.70 bits per heavy atom. The van der Waals surface area contributed by atoms with Crippen LogP contribution in [-0.4, -0.2) is 5.11 Å². The van der Waals surface area contributed by atoms with Crippen molar-refractivity contribution in [1.29, 1.82) is 0 Å². The van der Waals surface area contributed by atoms with Crippen molar-refractivity contribution in [1.82, 2.24) is 0 Å². The van der Waals surface area contributed by atoms with Crippen molar-refractivity contribution in [3.05, 3.63) is 22.6 Å². The van der Waals surface area contributed by atoms with Gasteiger partial charge < -0.3 is 9.52 Å². The second-order valence-corrected chi connectivity index (χ2v) is 3.58. The third-order valence-electron chi connectivity index (χ3n) is 1.75. The van der Waals surface area contributed by atoms with Crippen LogP contribution >= 0.6 is 15.9 Å². The third-order valence-corrected chi connectivity index (χ3v) is 2.17. The maximum absolute atomic E-state index is 9.50. The van der Waals surface area contributed by atoms with E-state index in [0.717, 1.165) is 17.3 Å². The molecular weight excluding hydrogens is 196 g/mol. The molecule has 0 bridgehead atoms. The Bertz CT molecular complexity index is 250. The molecule has 10 heavy (non-hydrogen) atoms. The average molecular weight is 203 g/mol. The van der Waals surface area contributed by atoms with E-state index in [-0.39, 0.29) is 0 Å². The maximum atomic E-state index is 9.50. The van der Waals surface area contributed by atoms with Gasteiger partial charge in [0.15, 0.2) is 0 Å². The quantitative estimate of drug-likeness (QED) is 0.757. The van der Waals surface area contributed by atoms with Crippen LogP contribution in [0.15, 0.2) is 21.2 Å². The molecule has 0 atom stereocenters. The van der Waals surface area contributed by atoms with Crippen LogP contribution in [0.4, 0.5) is 0 Å². The highest BCUT2D eigenvalue weighted by Gasteiger charge is 2.45. The summed E-state index contributed by atoms with van der Waals surface area (Å²) in [5, 5.41) is 9.50. The number of aliphatic hydroxyl groups is 1. The smallest absolute Gasteiger partial charge is 0.136 e. The highest BCUT2D eigenvalue weighted by molar-refractivity contribution is 9.10. The van der Waals surface area contributed by atoms with Crippen LogP contribution in [0.1, 0.15) is 18.6 Å². The van der Waals surface area contributed by atoms with Gasteiger partial charge in [-0.1, -0.05) is 0 Å². The van der Waals surface area contributed by atoms with Crippen molar-refractivity contribution >= 4 is 15.9 Å². The summed E-state index contributed by atoms with van der Waals surface area (Å²) < 4.78 is 5.99. The lowest BCUT2D eigenvalue weighted by Gasteiger charge is -1.99. The molecule has 0 saturated heterocycles. The fourth-order valence-corrected chi connectivity index (χ4v) is 1.22. The summed E-state index contributed by atoms with van der Waals surface area (Å²) in [5.41, 5.74) is -0.633. The fourth-order valence-electron chi connectivity index (χ4n) is 0.922. The van der Waals surface area contributed by atoms with E-state index in [9.17, 15) is 5.11 Å². The summed E-state index contributed by atoms with van der Waals surface area (Å²) in [4.78, 5) is 0. The van der Waals surface area contributed by atoms with Gasteiger partial charge in [0.25, 0.3) is 0 Å². The van der Waals surface area contributed by atoms with Gasteiger partial charge in [0.05, 0.1) is 4.47 Å². The second-order valence-electron chi connectivity index (χ2n) is 2.66. The maximum Gasteiger partial charge on any atom is 0.136 e. The highest BCUT2D eigenvalue weighted by atomic mass is 79.9. The normalized spacial score (nSPS) is 21.0. The van der Waals surface area contributed by atoms with Crippen molar-refractivity contribution in [2.24, 2.45) is 0 Å². The molecule has 1 aliphatic rings. The molecule has 1 aliphatic carbocycles. The van der Waals surface area contributed by atoms with E-state index in [1.54, 1.807) is 6.26 Å². The molecule has 0 unspecified atom stereocenters. The average Bonchev–Trinajstić information content (AvgIpc) is 2.45. The Morgan fingerprint density at radius 2 is 2.30 bits per heavy atom. The molecule has 54 valence electrons.